The molecule has 0 spiro atoms. The van der Waals surface area contributed by atoms with Crippen LogP contribution in [0.15, 0.2) is 24.3 Å². The first kappa shape index (κ1) is 8.25. The van der Waals surface area contributed by atoms with Crippen LogP contribution in [0.2, 0.25) is 0 Å². The minimum atomic E-state index is 0.399. The molecule has 0 aromatic rings. The van der Waals surface area contributed by atoms with Gasteiger partial charge >= 0.3 is 0 Å². The third kappa shape index (κ3) is 1.79. The zero-order chi connectivity index (χ0) is 8.27. The molecule has 0 aromatic carbocycles. The van der Waals surface area contributed by atoms with Crippen molar-refractivity contribution in [2.24, 2.45) is 5.92 Å². The van der Waals surface area contributed by atoms with Crippen LogP contribution in [0.1, 0.15) is 26.2 Å². The van der Waals surface area contributed by atoms with E-state index < -0.39 is 0 Å². The van der Waals surface area contributed by atoms with Gasteiger partial charge in [-0.3, -0.25) is 4.79 Å². The van der Waals surface area contributed by atoms with Gasteiger partial charge in [0, 0.05) is 12.8 Å². The first-order valence-electron chi connectivity index (χ1n) is 4.08. The van der Waals surface area contributed by atoms with E-state index >= 15 is 0 Å². The lowest BCUT2D eigenvalue weighted by molar-refractivity contribution is -0.117. The van der Waals surface area contributed by atoms with Gasteiger partial charge in [-0.2, -0.15) is 0 Å². The largest absolute Gasteiger partial charge is 0.300 e. The van der Waals surface area contributed by atoms with E-state index in [2.05, 4.69) is 12.7 Å². The molecule has 1 aliphatic carbocycles. The summed E-state index contributed by atoms with van der Waals surface area (Å²) in [5, 5.41) is 0. The van der Waals surface area contributed by atoms with E-state index in [0.717, 1.165) is 19.3 Å². The third-order valence-electron chi connectivity index (χ3n) is 2.29. The molecule has 1 heteroatoms. The van der Waals surface area contributed by atoms with Crippen molar-refractivity contribution in [1.29, 1.82) is 0 Å². The summed E-state index contributed by atoms with van der Waals surface area (Å²) in [5.74, 6) is 0.862. The first-order valence-corrected chi connectivity index (χ1v) is 4.08. The number of Topliss-reactive ketones (excluding diaryl/α,β-unsaturated/α-hetero) is 1. The van der Waals surface area contributed by atoms with Gasteiger partial charge in [-0.1, -0.05) is 18.7 Å². The molecule has 0 radical (unpaired) electrons. The van der Waals surface area contributed by atoms with Crippen LogP contribution in [0.3, 0.4) is 0 Å². The van der Waals surface area contributed by atoms with E-state index in [4.69, 9.17) is 0 Å². The molecular formula is C10H14O. The predicted octanol–water partition coefficient (Wildman–Crippen LogP) is 2.49. The van der Waals surface area contributed by atoms with E-state index in [0.29, 0.717) is 11.7 Å². The Morgan fingerprint density at radius 2 is 2.45 bits per heavy atom. The second kappa shape index (κ2) is 3.51. The molecule has 0 aromatic heterocycles. The molecular weight excluding hydrogens is 136 g/mol. The molecule has 0 bridgehead atoms. The van der Waals surface area contributed by atoms with Gasteiger partial charge in [0.15, 0.2) is 0 Å². The molecule has 0 saturated heterocycles. The van der Waals surface area contributed by atoms with Crippen molar-refractivity contribution in [3.8, 4) is 0 Å². The Bertz CT molecular complexity index is 201. The van der Waals surface area contributed by atoms with E-state index in [9.17, 15) is 4.79 Å². The fourth-order valence-electron chi connectivity index (χ4n) is 1.62. The van der Waals surface area contributed by atoms with Crippen LogP contribution in [0.5, 0.6) is 0 Å². The van der Waals surface area contributed by atoms with E-state index in [1.54, 1.807) is 0 Å². The maximum Gasteiger partial charge on any atom is 0.133 e. The molecule has 0 heterocycles. The smallest absolute Gasteiger partial charge is 0.133 e. The molecule has 1 nitrogen and oxygen atoms in total. The summed E-state index contributed by atoms with van der Waals surface area (Å²) < 4.78 is 0. The predicted molar refractivity (Wildman–Crippen MR) is 46.3 cm³/mol. The van der Waals surface area contributed by atoms with Crippen molar-refractivity contribution in [2.45, 2.75) is 26.2 Å². The van der Waals surface area contributed by atoms with Crippen LogP contribution in [0, 0.1) is 5.92 Å². The maximum atomic E-state index is 10.9. The Hall–Kier alpha value is -0.850. The lowest BCUT2D eigenvalue weighted by Gasteiger charge is -2.07. The fourth-order valence-corrected chi connectivity index (χ4v) is 1.62. The Morgan fingerprint density at radius 1 is 1.73 bits per heavy atom. The number of hydrogen-bond acceptors (Lipinski definition) is 1. The van der Waals surface area contributed by atoms with Crippen molar-refractivity contribution >= 4 is 5.78 Å². The Balaban J connectivity index is 2.61. The van der Waals surface area contributed by atoms with Crippen LogP contribution in [-0.4, -0.2) is 5.78 Å². The second-order valence-corrected chi connectivity index (χ2v) is 2.97. The highest BCUT2D eigenvalue weighted by Gasteiger charge is 2.23. The van der Waals surface area contributed by atoms with Crippen LogP contribution in [0.4, 0.5) is 0 Å². The molecule has 0 aliphatic heterocycles. The average molecular weight is 150 g/mol. The molecule has 11 heavy (non-hydrogen) atoms. The van der Waals surface area contributed by atoms with Crippen molar-refractivity contribution in [3.05, 3.63) is 24.3 Å². The van der Waals surface area contributed by atoms with Gasteiger partial charge in [0.2, 0.25) is 0 Å². The Morgan fingerprint density at radius 3 is 2.82 bits per heavy atom. The number of rotatable bonds is 2. The zero-order valence-corrected chi connectivity index (χ0v) is 6.97. The highest BCUT2D eigenvalue weighted by Crippen LogP contribution is 2.28. The summed E-state index contributed by atoms with van der Waals surface area (Å²) in [7, 11) is 0. The van der Waals surface area contributed by atoms with Crippen molar-refractivity contribution in [2.75, 3.05) is 0 Å². The normalized spacial score (nSPS) is 25.7. The SMILES string of the molecule is C=C/C(=C\C)[C@H]1CCC(=O)C1. The van der Waals surface area contributed by atoms with Gasteiger partial charge in [-0.15, -0.1) is 0 Å². The molecule has 1 aliphatic rings. The van der Waals surface area contributed by atoms with Gasteiger partial charge < -0.3 is 0 Å². The standard InChI is InChI=1S/C10H14O/c1-3-8(4-2)9-5-6-10(11)7-9/h3-4,9H,1,5-7H2,2H3/b8-4+/t9-/m0/s1. The van der Waals surface area contributed by atoms with Gasteiger partial charge in [0.05, 0.1) is 0 Å². The molecule has 1 fully saturated rings. The highest BCUT2D eigenvalue weighted by atomic mass is 16.1. The first-order chi connectivity index (χ1) is 5.27. The molecule has 1 rings (SSSR count). The number of carbonyl (C=O) groups is 1. The molecule has 0 N–H and O–H groups in total. The van der Waals surface area contributed by atoms with E-state index in [1.165, 1.54) is 5.57 Å². The molecule has 1 saturated carbocycles. The number of allylic oxidation sites excluding steroid dienone is 3. The monoisotopic (exact) mass is 150 g/mol. The number of hydrogen-bond donors (Lipinski definition) is 0. The lowest BCUT2D eigenvalue weighted by atomic mass is 9.97. The van der Waals surface area contributed by atoms with Crippen LogP contribution >= 0.6 is 0 Å². The fraction of sp³-hybridized carbons (Fsp3) is 0.500. The lowest BCUT2D eigenvalue weighted by Crippen LogP contribution is -1.96. The summed E-state index contributed by atoms with van der Waals surface area (Å²) in [4.78, 5) is 10.9. The van der Waals surface area contributed by atoms with Crippen LogP contribution in [0.25, 0.3) is 0 Å². The molecule has 60 valence electrons. The van der Waals surface area contributed by atoms with E-state index in [-0.39, 0.29) is 0 Å². The Labute approximate surface area is 67.8 Å². The molecule has 0 amide bonds. The number of carbonyl (C=O) groups excluding carboxylic acids is 1. The topological polar surface area (TPSA) is 17.1 Å². The number of ketones is 1. The molecule has 0 unspecified atom stereocenters. The summed E-state index contributed by atoms with van der Waals surface area (Å²) in [6, 6.07) is 0. The Kier molecular flexibility index (Phi) is 2.64. The van der Waals surface area contributed by atoms with Crippen molar-refractivity contribution in [3.63, 3.8) is 0 Å². The van der Waals surface area contributed by atoms with Crippen LogP contribution < -0.4 is 0 Å². The molecule has 1 atom stereocenters. The third-order valence-corrected chi connectivity index (χ3v) is 2.29. The van der Waals surface area contributed by atoms with Crippen LogP contribution in [-0.2, 0) is 4.79 Å². The second-order valence-electron chi connectivity index (χ2n) is 2.97. The van der Waals surface area contributed by atoms with Gasteiger partial charge in [0.1, 0.15) is 5.78 Å². The van der Waals surface area contributed by atoms with Crippen molar-refractivity contribution < 1.29 is 4.79 Å². The summed E-state index contributed by atoms with van der Waals surface area (Å²) in [6.07, 6.45) is 6.42. The quantitative estimate of drug-likeness (QED) is 0.553. The maximum absolute atomic E-state index is 10.9. The summed E-state index contributed by atoms with van der Waals surface area (Å²) >= 11 is 0. The summed E-state index contributed by atoms with van der Waals surface area (Å²) in [6.45, 7) is 5.72. The van der Waals surface area contributed by atoms with Gasteiger partial charge in [-0.05, 0) is 24.8 Å². The minimum Gasteiger partial charge on any atom is -0.300 e. The summed E-state index contributed by atoms with van der Waals surface area (Å²) in [5.41, 5.74) is 1.23. The highest BCUT2D eigenvalue weighted by molar-refractivity contribution is 5.81. The van der Waals surface area contributed by atoms with Crippen molar-refractivity contribution in [1.82, 2.24) is 0 Å². The average Bonchev–Trinajstić information content (AvgIpc) is 2.39. The zero-order valence-electron chi connectivity index (χ0n) is 6.97. The van der Waals surface area contributed by atoms with E-state index in [1.807, 2.05) is 13.0 Å². The minimum absolute atomic E-state index is 0.399. The van der Waals surface area contributed by atoms with Gasteiger partial charge in [-0.25, -0.2) is 0 Å². The van der Waals surface area contributed by atoms with Gasteiger partial charge in [0.25, 0.3) is 0 Å².